The van der Waals surface area contributed by atoms with Crippen LogP contribution in [0.15, 0.2) is 24.3 Å². The van der Waals surface area contributed by atoms with E-state index in [1.807, 2.05) is 31.2 Å². The number of carboxylic acids is 2. The summed E-state index contributed by atoms with van der Waals surface area (Å²) in [6.07, 6.45) is 2.14. The minimum absolute atomic E-state index is 0.677. The molecular formula is C16H26N2O6. The number of carboxylic acid groups (broad SMARTS) is 2. The predicted molar refractivity (Wildman–Crippen MR) is 89.5 cm³/mol. The summed E-state index contributed by atoms with van der Waals surface area (Å²) in [4.78, 5) is 18.2. The summed E-state index contributed by atoms with van der Waals surface area (Å²) in [5.74, 6) is -1.92. The van der Waals surface area contributed by atoms with Gasteiger partial charge in [0.05, 0.1) is 13.2 Å². The van der Waals surface area contributed by atoms with Crippen molar-refractivity contribution in [2.75, 3.05) is 32.8 Å². The number of nitrogens with one attached hydrogen (secondary N) is 1. The van der Waals surface area contributed by atoms with Gasteiger partial charge in [-0.05, 0) is 38.4 Å². The van der Waals surface area contributed by atoms with E-state index in [4.69, 9.17) is 35.0 Å². The van der Waals surface area contributed by atoms with E-state index in [1.54, 1.807) is 0 Å². The molecule has 8 heteroatoms. The van der Waals surface area contributed by atoms with Gasteiger partial charge in [0.15, 0.2) is 0 Å². The Labute approximate surface area is 141 Å². The van der Waals surface area contributed by atoms with Crippen LogP contribution in [0, 0.1) is 0 Å². The third-order valence-corrected chi connectivity index (χ3v) is 2.64. The van der Waals surface area contributed by atoms with Crippen LogP contribution in [0.2, 0.25) is 0 Å². The van der Waals surface area contributed by atoms with Crippen molar-refractivity contribution in [3.8, 4) is 11.5 Å². The molecule has 0 heterocycles. The van der Waals surface area contributed by atoms with E-state index < -0.39 is 11.9 Å². The highest BCUT2D eigenvalue weighted by Gasteiger charge is 2.04. The lowest BCUT2D eigenvalue weighted by molar-refractivity contribution is -0.159. The number of carbonyl (C=O) groups is 2. The molecule has 0 aromatic heterocycles. The molecule has 136 valence electrons. The number of rotatable bonds is 10. The zero-order valence-electron chi connectivity index (χ0n) is 13.9. The maximum atomic E-state index is 9.10. The Morgan fingerprint density at radius 1 is 1.08 bits per heavy atom. The Hall–Kier alpha value is -2.32. The fourth-order valence-corrected chi connectivity index (χ4v) is 1.59. The zero-order chi connectivity index (χ0) is 18.2. The molecule has 0 aliphatic heterocycles. The molecule has 1 rings (SSSR count). The lowest BCUT2D eigenvalue weighted by Gasteiger charge is -2.08. The van der Waals surface area contributed by atoms with Crippen LogP contribution in [0.3, 0.4) is 0 Å². The fraction of sp³-hybridized carbons (Fsp3) is 0.500. The summed E-state index contributed by atoms with van der Waals surface area (Å²) >= 11 is 0. The van der Waals surface area contributed by atoms with Gasteiger partial charge in [-0.1, -0.05) is 6.07 Å². The number of hydrogen-bond donors (Lipinski definition) is 4. The Morgan fingerprint density at radius 2 is 1.71 bits per heavy atom. The van der Waals surface area contributed by atoms with Gasteiger partial charge in [-0.3, -0.25) is 0 Å². The van der Waals surface area contributed by atoms with Crippen LogP contribution < -0.4 is 20.5 Å². The molecular weight excluding hydrogens is 316 g/mol. The van der Waals surface area contributed by atoms with Gasteiger partial charge in [0.1, 0.15) is 11.5 Å². The van der Waals surface area contributed by atoms with Crippen LogP contribution in [0.5, 0.6) is 11.5 Å². The zero-order valence-corrected chi connectivity index (χ0v) is 13.9. The van der Waals surface area contributed by atoms with Gasteiger partial charge in [-0.25, -0.2) is 9.59 Å². The van der Waals surface area contributed by atoms with E-state index in [9.17, 15) is 0 Å². The predicted octanol–water partition coefficient (Wildman–Crippen LogP) is 0.948. The smallest absolute Gasteiger partial charge is 0.414 e. The first kappa shape index (κ1) is 21.7. The SMILES string of the molecule is CCOc1cccc(OCCCCNCCN)c1.O=C(O)C(=O)O. The van der Waals surface area contributed by atoms with Crippen LogP contribution in [0.4, 0.5) is 0 Å². The van der Waals surface area contributed by atoms with Crippen LogP contribution in [-0.2, 0) is 9.59 Å². The van der Waals surface area contributed by atoms with Crippen LogP contribution >= 0.6 is 0 Å². The van der Waals surface area contributed by atoms with Crippen molar-refractivity contribution in [3.05, 3.63) is 24.3 Å². The summed E-state index contributed by atoms with van der Waals surface area (Å²) in [6, 6.07) is 7.77. The highest BCUT2D eigenvalue weighted by molar-refractivity contribution is 6.27. The maximum Gasteiger partial charge on any atom is 0.414 e. The second kappa shape index (κ2) is 14.3. The van der Waals surface area contributed by atoms with Crippen molar-refractivity contribution < 1.29 is 29.3 Å². The minimum Gasteiger partial charge on any atom is -0.494 e. The average Bonchev–Trinajstić information content (AvgIpc) is 2.55. The van der Waals surface area contributed by atoms with Crippen molar-refractivity contribution in [1.82, 2.24) is 5.32 Å². The number of nitrogens with two attached hydrogens (primary N) is 1. The van der Waals surface area contributed by atoms with Gasteiger partial charge in [-0.2, -0.15) is 0 Å². The van der Waals surface area contributed by atoms with Gasteiger partial charge in [-0.15, -0.1) is 0 Å². The van der Waals surface area contributed by atoms with E-state index in [0.717, 1.165) is 44.0 Å². The quantitative estimate of drug-likeness (QED) is 0.365. The van der Waals surface area contributed by atoms with Crippen molar-refractivity contribution >= 4 is 11.9 Å². The molecule has 0 amide bonds. The van der Waals surface area contributed by atoms with Crippen LogP contribution in [-0.4, -0.2) is 55.0 Å². The van der Waals surface area contributed by atoms with Crippen molar-refractivity contribution in [1.29, 1.82) is 0 Å². The fourth-order valence-electron chi connectivity index (χ4n) is 1.59. The van der Waals surface area contributed by atoms with Gasteiger partial charge in [0, 0.05) is 19.2 Å². The largest absolute Gasteiger partial charge is 0.494 e. The number of aliphatic carboxylic acids is 2. The Balaban J connectivity index is 0.000000754. The second-order valence-electron chi connectivity index (χ2n) is 4.61. The number of benzene rings is 1. The molecule has 0 spiro atoms. The van der Waals surface area contributed by atoms with E-state index >= 15 is 0 Å². The molecule has 5 N–H and O–H groups in total. The molecule has 0 fully saturated rings. The lowest BCUT2D eigenvalue weighted by atomic mass is 10.3. The van der Waals surface area contributed by atoms with Gasteiger partial charge in [0.2, 0.25) is 0 Å². The van der Waals surface area contributed by atoms with E-state index in [2.05, 4.69) is 5.32 Å². The highest BCUT2D eigenvalue weighted by atomic mass is 16.5. The standard InChI is InChI=1S/C14H24N2O2.C2H2O4/c1-2-17-13-6-5-7-14(12-13)18-11-4-3-9-16-10-8-15;3-1(4)2(5)6/h5-7,12,16H,2-4,8-11,15H2,1H3;(H,3,4)(H,5,6). The Bertz CT molecular complexity index is 469. The molecule has 0 bridgehead atoms. The molecule has 0 aliphatic carbocycles. The monoisotopic (exact) mass is 342 g/mol. The van der Waals surface area contributed by atoms with E-state index in [-0.39, 0.29) is 0 Å². The molecule has 1 aromatic carbocycles. The Kier molecular flexibility index (Phi) is 12.9. The topological polar surface area (TPSA) is 131 Å². The normalized spacial score (nSPS) is 9.58. The molecule has 8 nitrogen and oxygen atoms in total. The van der Waals surface area contributed by atoms with Gasteiger partial charge in [0.25, 0.3) is 0 Å². The number of hydrogen-bond acceptors (Lipinski definition) is 6. The first-order valence-electron chi connectivity index (χ1n) is 7.73. The van der Waals surface area contributed by atoms with E-state index in [1.165, 1.54) is 0 Å². The molecule has 0 atom stereocenters. The number of unbranched alkanes of at least 4 members (excludes halogenated alkanes) is 1. The lowest BCUT2D eigenvalue weighted by Crippen LogP contribution is -2.23. The van der Waals surface area contributed by atoms with Gasteiger partial charge >= 0.3 is 11.9 Å². The highest BCUT2D eigenvalue weighted by Crippen LogP contribution is 2.19. The summed E-state index contributed by atoms with van der Waals surface area (Å²) < 4.78 is 11.1. The number of ether oxygens (including phenoxy) is 2. The molecule has 1 aromatic rings. The van der Waals surface area contributed by atoms with Gasteiger partial charge < -0.3 is 30.7 Å². The second-order valence-corrected chi connectivity index (χ2v) is 4.61. The Morgan fingerprint density at radius 3 is 2.25 bits per heavy atom. The third-order valence-electron chi connectivity index (χ3n) is 2.64. The van der Waals surface area contributed by atoms with E-state index in [0.29, 0.717) is 13.2 Å². The molecule has 0 aliphatic rings. The summed E-state index contributed by atoms with van der Waals surface area (Å²) in [6.45, 7) is 5.97. The molecule has 0 unspecified atom stereocenters. The average molecular weight is 342 g/mol. The third kappa shape index (κ3) is 12.2. The first-order valence-corrected chi connectivity index (χ1v) is 7.73. The van der Waals surface area contributed by atoms with Crippen LogP contribution in [0.1, 0.15) is 19.8 Å². The van der Waals surface area contributed by atoms with Crippen molar-refractivity contribution in [3.63, 3.8) is 0 Å². The molecule has 0 saturated carbocycles. The summed E-state index contributed by atoms with van der Waals surface area (Å²) in [5, 5.41) is 18.0. The summed E-state index contributed by atoms with van der Waals surface area (Å²) in [7, 11) is 0. The summed E-state index contributed by atoms with van der Waals surface area (Å²) in [5.41, 5.74) is 5.39. The van der Waals surface area contributed by atoms with Crippen molar-refractivity contribution in [2.45, 2.75) is 19.8 Å². The maximum absolute atomic E-state index is 9.10. The molecule has 0 radical (unpaired) electrons. The van der Waals surface area contributed by atoms with Crippen LogP contribution in [0.25, 0.3) is 0 Å². The first-order chi connectivity index (χ1) is 11.5. The van der Waals surface area contributed by atoms with Crippen molar-refractivity contribution in [2.24, 2.45) is 5.73 Å². The molecule has 24 heavy (non-hydrogen) atoms. The minimum atomic E-state index is -1.82. The molecule has 0 saturated heterocycles.